The number of carbonyl (C=O) groups is 1. The average molecular weight is 262 g/mol. The number of carbonyl (C=O) groups excluding carboxylic acids is 1. The molecule has 1 aliphatic rings. The van der Waals surface area contributed by atoms with Crippen LogP contribution in [0.15, 0.2) is 16.6 Å². The third-order valence-electron chi connectivity index (χ3n) is 1.91. The minimum atomic E-state index is 0.0487. The van der Waals surface area contributed by atoms with Gasteiger partial charge in [-0.05, 0) is 28.1 Å². The van der Waals surface area contributed by atoms with E-state index in [4.69, 9.17) is 16.3 Å². The van der Waals surface area contributed by atoms with Crippen LogP contribution in [0.25, 0.3) is 0 Å². The van der Waals surface area contributed by atoms with E-state index in [1.165, 1.54) is 0 Å². The Labute approximate surface area is 89.0 Å². The average Bonchev–Trinajstić information content (AvgIpc) is 2.12. The first-order valence-corrected chi connectivity index (χ1v) is 5.01. The van der Waals surface area contributed by atoms with Gasteiger partial charge < -0.3 is 4.74 Å². The smallest absolute Gasteiger partial charge is 0.171 e. The van der Waals surface area contributed by atoms with Crippen molar-refractivity contribution in [2.24, 2.45) is 0 Å². The Balaban J connectivity index is 2.67. The molecule has 0 saturated heterocycles. The molecule has 0 unspecified atom stereocenters. The molecule has 0 N–H and O–H groups in total. The summed E-state index contributed by atoms with van der Waals surface area (Å²) in [6.45, 7) is 0.435. The van der Waals surface area contributed by atoms with Gasteiger partial charge in [-0.15, -0.1) is 0 Å². The maximum absolute atomic E-state index is 11.5. The second kappa shape index (κ2) is 3.31. The van der Waals surface area contributed by atoms with Gasteiger partial charge in [0.2, 0.25) is 0 Å². The molecule has 13 heavy (non-hydrogen) atoms. The normalized spacial score (nSPS) is 15.1. The van der Waals surface area contributed by atoms with Crippen molar-refractivity contribution < 1.29 is 9.53 Å². The van der Waals surface area contributed by atoms with Crippen molar-refractivity contribution in [2.75, 3.05) is 6.61 Å². The molecule has 0 saturated carbocycles. The standard InChI is InChI=1S/C9H6BrClO2/c10-5-1-2-6(11)8-7(12)3-4-13-9(5)8/h1-2H,3-4H2. The Morgan fingerprint density at radius 2 is 2.23 bits per heavy atom. The molecule has 1 aliphatic heterocycles. The number of fused-ring (bicyclic) bond motifs is 1. The topological polar surface area (TPSA) is 26.3 Å². The third-order valence-corrected chi connectivity index (χ3v) is 2.85. The first-order chi connectivity index (χ1) is 6.20. The van der Waals surface area contributed by atoms with Crippen molar-refractivity contribution in [3.8, 4) is 5.75 Å². The minimum Gasteiger partial charge on any atom is -0.491 e. The van der Waals surface area contributed by atoms with E-state index < -0.39 is 0 Å². The fraction of sp³-hybridized carbons (Fsp3) is 0.222. The van der Waals surface area contributed by atoms with Gasteiger partial charge in [0.1, 0.15) is 5.75 Å². The number of benzene rings is 1. The Morgan fingerprint density at radius 3 is 2.92 bits per heavy atom. The zero-order valence-corrected chi connectivity index (χ0v) is 8.98. The SMILES string of the molecule is O=C1CCOc2c(Br)ccc(Cl)c21. The molecular weight excluding hydrogens is 255 g/mol. The summed E-state index contributed by atoms with van der Waals surface area (Å²) in [5.74, 6) is 0.622. The molecular formula is C9H6BrClO2. The van der Waals surface area contributed by atoms with Crippen LogP contribution in [0.1, 0.15) is 16.8 Å². The van der Waals surface area contributed by atoms with Gasteiger partial charge in [-0.3, -0.25) is 4.79 Å². The van der Waals surface area contributed by atoms with Crippen molar-refractivity contribution in [2.45, 2.75) is 6.42 Å². The fourth-order valence-corrected chi connectivity index (χ4v) is 2.00. The van der Waals surface area contributed by atoms with E-state index >= 15 is 0 Å². The maximum atomic E-state index is 11.5. The number of hydrogen-bond donors (Lipinski definition) is 0. The molecule has 1 aromatic rings. The number of hydrogen-bond acceptors (Lipinski definition) is 2. The summed E-state index contributed by atoms with van der Waals surface area (Å²) in [6, 6.07) is 3.47. The van der Waals surface area contributed by atoms with Crippen LogP contribution in [0.4, 0.5) is 0 Å². The van der Waals surface area contributed by atoms with Crippen molar-refractivity contribution >= 4 is 33.3 Å². The molecule has 0 amide bonds. The Bertz CT molecular complexity index is 376. The molecule has 2 rings (SSSR count). The highest BCUT2D eigenvalue weighted by atomic mass is 79.9. The Morgan fingerprint density at radius 1 is 1.46 bits per heavy atom. The lowest BCUT2D eigenvalue weighted by Gasteiger charge is -2.18. The van der Waals surface area contributed by atoms with Gasteiger partial charge in [0, 0.05) is 6.42 Å². The van der Waals surface area contributed by atoms with E-state index in [-0.39, 0.29) is 5.78 Å². The number of Topliss-reactive ketones (excluding diaryl/α,β-unsaturated/α-hetero) is 1. The van der Waals surface area contributed by atoms with E-state index in [9.17, 15) is 4.79 Å². The predicted molar refractivity (Wildman–Crippen MR) is 53.6 cm³/mol. The highest BCUT2D eigenvalue weighted by Gasteiger charge is 2.23. The van der Waals surface area contributed by atoms with E-state index in [2.05, 4.69) is 15.9 Å². The van der Waals surface area contributed by atoms with Gasteiger partial charge in [0.05, 0.1) is 21.7 Å². The molecule has 0 aliphatic carbocycles. The summed E-state index contributed by atoms with van der Waals surface area (Å²) < 4.78 is 6.13. The zero-order chi connectivity index (χ0) is 9.42. The van der Waals surface area contributed by atoms with Crippen molar-refractivity contribution in [1.82, 2.24) is 0 Å². The summed E-state index contributed by atoms with van der Waals surface area (Å²) in [5.41, 5.74) is 0.502. The summed E-state index contributed by atoms with van der Waals surface area (Å²) >= 11 is 9.20. The lowest BCUT2D eigenvalue weighted by atomic mass is 10.1. The van der Waals surface area contributed by atoms with Crippen LogP contribution in [0.3, 0.4) is 0 Å². The summed E-state index contributed by atoms with van der Waals surface area (Å²) in [6.07, 6.45) is 0.406. The molecule has 0 atom stereocenters. The first-order valence-electron chi connectivity index (χ1n) is 3.84. The van der Waals surface area contributed by atoms with E-state index in [0.29, 0.717) is 29.4 Å². The summed E-state index contributed by atoms with van der Waals surface area (Å²) in [4.78, 5) is 11.5. The van der Waals surface area contributed by atoms with Gasteiger partial charge in [-0.25, -0.2) is 0 Å². The van der Waals surface area contributed by atoms with Gasteiger partial charge in [-0.2, -0.15) is 0 Å². The Hall–Kier alpha value is -0.540. The van der Waals surface area contributed by atoms with Crippen LogP contribution in [0, 0.1) is 0 Å². The molecule has 0 spiro atoms. The van der Waals surface area contributed by atoms with Gasteiger partial charge in [0.25, 0.3) is 0 Å². The largest absolute Gasteiger partial charge is 0.491 e. The fourth-order valence-electron chi connectivity index (χ4n) is 1.30. The number of halogens is 2. The number of ether oxygens (including phenoxy) is 1. The van der Waals surface area contributed by atoms with E-state index in [0.717, 1.165) is 4.47 Å². The zero-order valence-electron chi connectivity index (χ0n) is 6.64. The van der Waals surface area contributed by atoms with Gasteiger partial charge >= 0.3 is 0 Å². The monoisotopic (exact) mass is 260 g/mol. The van der Waals surface area contributed by atoms with Crippen LogP contribution in [-0.4, -0.2) is 12.4 Å². The number of ketones is 1. The highest BCUT2D eigenvalue weighted by Crippen LogP contribution is 2.37. The summed E-state index contributed by atoms with van der Waals surface area (Å²) in [5, 5.41) is 0.461. The van der Waals surface area contributed by atoms with Crippen LogP contribution < -0.4 is 4.74 Å². The van der Waals surface area contributed by atoms with Gasteiger partial charge in [0.15, 0.2) is 5.78 Å². The molecule has 0 radical (unpaired) electrons. The van der Waals surface area contributed by atoms with Gasteiger partial charge in [-0.1, -0.05) is 11.6 Å². The van der Waals surface area contributed by atoms with Crippen LogP contribution in [0.2, 0.25) is 5.02 Å². The van der Waals surface area contributed by atoms with Crippen LogP contribution >= 0.6 is 27.5 Å². The first kappa shape index (κ1) is 9.03. The molecule has 1 aromatic carbocycles. The van der Waals surface area contributed by atoms with E-state index in [1.807, 2.05) is 0 Å². The predicted octanol–water partition coefficient (Wildman–Crippen LogP) is 3.07. The molecule has 0 fully saturated rings. The molecule has 0 aromatic heterocycles. The highest BCUT2D eigenvalue weighted by molar-refractivity contribution is 9.10. The third kappa shape index (κ3) is 1.46. The summed E-state index contributed by atoms with van der Waals surface area (Å²) in [7, 11) is 0. The maximum Gasteiger partial charge on any atom is 0.171 e. The minimum absolute atomic E-state index is 0.0487. The molecule has 1 heterocycles. The van der Waals surface area contributed by atoms with Crippen molar-refractivity contribution in [3.63, 3.8) is 0 Å². The quantitative estimate of drug-likeness (QED) is 0.717. The molecule has 4 heteroatoms. The van der Waals surface area contributed by atoms with Crippen molar-refractivity contribution in [1.29, 1.82) is 0 Å². The lowest BCUT2D eigenvalue weighted by molar-refractivity contribution is 0.0933. The Kier molecular flexibility index (Phi) is 2.30. The van der Waals surface area contributed by atoms with Crippen LogP contribution in [0.5, 0.6) is 5.75 Å². The van der Waals surface area contributed by atoms with Crippen LogP contribution in [-0.2, 0) is 0 Å². The molecule has 0 bridgehead atoms. The van der Waals surface area contributed by atoms with Crippen molar-refractivity contribution in [3.05, 3.63) is 27.2 Å². The molecule has 68 valence electrons. The molecule has 2 nitrogen and oxygen atoms in total. The second-order valence-electron chi connectivity index (χ2n) is 2.75. The van der Waals surface area contributed by atoms with E-state index in [1.54, 1.807) is 12.1 Å². The number of rotatable bonds is 0. The second-order valence-corrected chi connectivity index (χ2v) is 4.02. The lowest BCUT2D eigenvalue weighted by Crippen LogP contribution is -2.16.